The topological polar surface area (TPSA) is 96.3 Å². The molecule has 2 rings (SSSR count). The summed E-state index contributed by atoms with van der Waals surface area (Å²) in [5.74, 6) is -0.146. The molecule has 1 amide bonds. The number of carbonyl (C=O) groups excluding carboxylic acids is 1. The minimum Gasteiger partial charge on any atom is -0.502 e. The van der Waals surface area contributed by atoms with Gasteiger partial charge in [-0.25, -0.2) is 0 Å². The number of carboxylic acids is 1. The number of benzene rings is 1. The Bertz CT molecular complexity index is 605. The molecule has 1 atom stereocenters. The second-order valence-electron chi connectivity index (χ2n) is 6.31. The van der Waals surface area contributed by atoms with Crippen molar-refractivity contribution in [1.29, 1.82) is 0 Å². The fourth-order valence-corrected chi connectivity index (χ4v) is 3.19. The number of amides is 1. The number of ether oxygens (including phenoxy) is 2. The number of phenols is 1. The molecule has 1 heterocycles. The van der Waals surface area contributed by atoms with Crippen molar-refractivity contribution in [2.45, 2.75) is 32.1 Å². The van der Waals surface area contributed by atoms with E-state index < -0.39 is 5.97 Å². The molecule has 1 unspecified atom stereocenters. The highest BCUT2D eigenvalue weighted by Gasteiger charge is 2.24. The lowest BCUT2D eigenvalue weighted by molar-refractivity contribution is -0.137. The molecule has 25 heavy (non-hydrogen) atoms. The molecule has 0 saturated carbocycles. The van der Waals surface area contributed by atoms with E-state index in [-0.39, 0.29) is 41.9 Å². The number of aliphatic carboxylic acids is 1. The molecule has 138 valence electrons. The van der Waals surface area contributed by atoms with Crippen LogP contribution in [0.3, 0.4) is 0 Å². The summed E-state index contributed by atoms with van der Waals surface area (Å²) in [5.41, 5.74) is 0.698. The van der Waals surface area contributed by atoms with Gasteiger partial charge in [0.2, 0.25) is 11.7 Å². The van der Waals surface area contributed by atoms with Crippen LogP contribution in [-0.2, 0) is 16.0 Å². The number of hydrogen-bond donors (Lipinski definition) is 2. The van der Waals surface area contributed by atoms with Gasteiger partial charge in [-0.3, -0.25) is 9.59 Å². The van der Waals surface area contributed by atoms with Gasteiger partial charge in [0.25, 0.3) is 0 Å². The minimum absolute atomic E-state index is 0.0187. The Morgan fingerprint density at radius 1 is 1.24 bits per heavy atom. The van der Waals surface area contributed by atoms with Gasteiger partial charge in [-0.15, -0.1) is 0 Å². The van der Waals surface area contributed by atoms with Gasteiger partial charge in [0.1, 0.15) is 0 Å². The molecule has 0 radical (unpaired) electrons. The molecule has 0 spiro atoms. The average Bonchev–Trinajstić information content (AvgIpc) is 2.61. The lowest BCUT2D eigenvalue weighted by Gasteiger charge is -2.32. The van der Waals surface area contributed by atoms with Crippen LogP contribution in [0.2, 0.25) is 0 Å². The summed E-state index contributed by atoms with van der Waals surface area (Å²) < 4.78 is 10.2. The molecule has 2 N–H and O–H groups in total. The van der Waals surface area contributed by atoms with Gasteiger partial charge < -0.3 is 24.6 Å². The standard InChI is InChI=1S/C18H25NO6/c1-24-14-8-13(9-15(25-2)18(14)23)10-16(20)19-7-3-4-12(11-19)5-6-17(21)22/h8-9,12,23H,3-7,10-11H2,1-2H3,(H,21,22). The van der Waals surface area contributed by atoms with Crippen molar-refractivity contribution in [2.24, 2.45) is 5.92 Å². The van der Waals surface area contributed by atoms with E-state index in [9.17, 15) is 14.7 Å². The highest BCUT2D eigenvalue weighted by Crippen LogP contribution is 2.37. The molecule has 0 aromatic heterocycles. The Morgan fingerprint density at radius 3 is 2.44 bits per heavy atom. The van der Waals surface area contributed by atoms with Crippen LogP contribution in [0.5, 0.6) is 17.2 Å². The number of likely N-dealkylation sites (tertiary alicyclic amines) is 1. The van der Waals surface area contributed by atoms with Gasteiger partial charge in [-0.2, -0.15) is 0 Å². The maximum absolute atomic E-state index is 12.6. The quantitative estimate of drug-likeness (QED) is 0.780. The highest BCUT2D eigenvalue weighted by atomic mass is 16.5. The van der Waals surface area contributed by atoms with E-state index >= 15 is 0 Å². The Morgan fingerprint density at radius 2 is 1.88 bits per heavy atom. The molecule has 1 aromatic rings. The van der Waals surface area contributed by atoms with Gasteiger partial charge in [0.15, 0.2) is 11.5 Å². The summed E-state index contributed by atoms with van der Waals surface area (Å²) in [6.07, 6.45) is 2.76. The van der Waals surface area contributed by atoms with Crippen molar-refractivity contribution >= 4 is 11.9 Å². The van der Waals surface area contributed by atoms with E-state index in [1.165, 1.54) is 14.2 Å². The Hall–Kier alpha value is -2.44. The molecule has 1 saturated heterocycles. The van der Waals surface area contributed by atoms with Gasteiger partial charge in [0, 0.05) is 19.5 Å². The normalized spacial score (nSPS) is 17.2. The van der Waals surface area contributed by atoms with Gasteiger partial charge in [-0.05, 0) is 42.9 Å². The lowest BCUT2D eigenvalue weighted by Crippen LogP contribution is -2.40. The van der Waals surface area contributed by atoms with Crippen LogP contribution in [0.15, 0.2) is 12.1 Å². The van der Waals surface area contributed by atoms with Crippen molar-refractivity contribution in [2.75, 3.05) is 27.3 Å². The molecule has 1 aromatic carbocycles. The number of rotatable bonds is 7. The zero-order valence-electron chi connectivity index (χ0n) is 14.7. The van der Waals surface area contributed by atoms with Crippen LogP contribution in [-0.4, -0.2) is 54.3 Å². The zero-order chi connectivity index (χ0) is 18.4. The maximum Gasteiger partial charge on any atom is 0.303 e. The van der Waals surface area contributed by atoms with Crippen molar-refractivity contribution in [3.05, 3.63) is 17.7 Å². The predicted molar refractivity (Wildman–Crippen MR) is 91.1 cm³/mol. The number of nitrogens with zero attached hydrogens (tertiary/aromatic N) is 1. The number of hydrogen-bond acceptors (Lipinski definition) is 5. The molecule has 7 heteroatoms. The second kappa shape index (κ2) is 8.60. The van der Waals surface area contributed by atoms with Crippen LogP contribution in [0.4, 0.5) is 0 Å². The third kappa shape index (κ3) is 5.01. The first-order chi connectivity index (χ1) is 11.9. The largest absolute Gasteiger partial charge is 0.502 e. The first kappa shape index (κ1) is 18.9. The smallest absolute Gasteiger partial charge is 0.303 e. The molecule has 1 fully saturated rings. The van der Waals surface area contributed by atoms with Crippen LogP contribution < -0.4 is 9.47 Å². The van der Waals surface area contributed by atoms with Crippen LogP contribution in [0, 0.1) is 5.92 Å². The number of carboxylic acid groups (broad SMARTS) is 1. The number of aromatic hydroxyl groups is 1. The van der Waals surface area contributed by atoms with Crippen molar-refractivity contribution < 1.29 is 29.3 Å². The molecular weight excluding hydrogens is 326 g/mol. The number of phenolic OH excluding ortho intramolecular Hbond substituents is 1. The second-order valence-corrected chi connectivity index (χ2v) is 6.31. The van der Waals surface area contributed by atoms with Crippen molar-refractivity contribution in [3.63, 3.8) is 0 Å². The van der Waals surface area contributed by atoms with E-state index in [4.69, 9.17) is 14.6 Å². The lowest BCUT2D eigenvalue weighted by atomic mass is 9.93. The minimum atomic E-state index is -0.799. The Labute approximate surface area is 147 Å². The van der Waals surface area contributed by atoms with E-state index in [1.807, 2.05) is 0 Å². The van der Waals surface area contributed by atoms with Gasteiger partial charge >= 0.3 is 5.97 Å². The fraction of sp³-hybridized carbons (Fsp3) is 0.556. The Kier molecular flexibility index (Phi) is 6.50. The molecule has 1 aliphatic heterocycles. The number of methoxy groups -OCH3 is 2. The molecule has 1 aliphatic rings. The van der Waals surface area contributed by atoms with E-state index in [2.05, 4.69) is 0 Å². The maximum atomic E-state index is 12.6. The zero-order valence-corrected chi connectivity index (χ0v) is 14.7. The van der Waals surface area contributed by atoms with E-state index in [1.54, 1.807) is 17.0 Å². The molecule has 0 aliphatic carbocycles. The van der Waals surface area contributed by atoms with Crippen LogP contribution in [0.25, 0.3) is 0 Å². The van der Waals surface area contributed by atoms with Crippen molar-refractivity contribution in [3.8, 4) is 17.2 Å². The average molecular weight is 351 g/mol. The fourth-order valence-electron chi connectivity index (χ4n) is 3.19. The summed E-state index contributed by atoms with van der Waals surface area (Å²) in [6.45, 7) is 1.28. The third-order valence-corrected chi connectivity index (χ3v) is 4.53. The van der Waals surface area contributed by atoms with Crippen LogP contribution >= 0.6 is 0 Å². The first-order valence-corrected chi connectivity index (χ1v) is 8.38. The van der Waals surface area contributed by atoms with E-state index in [0.29, 0.717) is 25.1 Å². The van der Waals surface area contributed by atoms with E-state index in [0.717, 1.165) is 12.8 Å². The monoisotopic (exact) mass is 351 g/mol. The van der Waals surface area contributed by atoms with Crippen molar-refractivity contribution in [1.82, 2.24) is 4.90 Å². The van der Waals surface area contributed by atoms with Crippen LogP contribution in [0.1, 0.15) is 31.2 Å². The summed E-state index contributed by atoms with van der Waals surface area (Å²) in [7, 11) is 2.88. The molecule has 0 bridgehead atoms. The first-order valence-electron chi connectivity index (χ1n) is 8.38. The molecular formula is C18H25NO6. The predicted octanol–water partition coefficient (Wildman–Crippen LogP) is 2.06. The summed E-state index contributed by atoms with van der Waals surface area (Å²) in [6, 6.07) is 3.25. The number of carbonyl (C=O) groups is 2. The molecule has 7 nitrogen and oxygen atoms in total. The number of piperidine rings is 1. The van der Waals surface area contributed by atoms with Gasteiger partial charge in [0.05, 0.1) is 20.6 Å². The Balaban J connectivity index is 2.02. The third-order valence-electron chi connectivity index (χ3n) is 4.53. The van der Waals surface area contributed by atoms with Gasteiger partial charge in [-0.1, -0.05) is 0 Å². The highest BCUT2D eigenvalue weighted by molar-refractivity contribution is 5.79. The SMILES string of the molecule is COc1cc(CC(=O)N2CCCC(CCC(=O)O)C2)cc(OC)c1O. The summed E-state index contributed by atoms with van der Waals surface area (Å²) in [4.78, 5) is 25.1. The summed E-state index contributed by atoms with van der Waals surface area (Å²) >= 11 is 0. The summed E-state index contributed by atoms with van der Waals surface area (Å²) in [5, 5.41) is 18.8.